The molecule has 0 spiro atoms. The molecule has 1 atom stereocenters. The van der Waals surface area contributed by atoms with Gasteiger partial charge in [0.15, 0.2) is 0 Å². The molecule has 0 aromatic rings. The summed E-state index contributed by atoms with van der Waals surface area (Å²) >= 11 is 0. The summed E-state index contributed by atoms with van der Waals surface area (Å²) in [7, 11) is 1.75. The van der Waals surface area contributed by atoms with Crippen LogP contribution in [0.25, 0.3) is 0 Å². The Morgan fingerprint density at radius 2 is 2.00 bits per heavy atom. The molecule has 0 aliphatic heterocycles. The average molecular weight is 238 g/mol. The first-order valence-corrected chi connectivity index (χ1v) is 6.20. The first-order chi connectivity index (χ1) is 7.82. The highest BCUT2D eigenvalue weighted by Crippen LogP contribution is 2.32. The predicted octanol–water partition coefficient (Wildman–Crippen LogP) is 1.87. The predicted molar refractivity (Wildman–Crippen MR) is 72.3 cm³/mol. The van der Waals surface area contributed by atoms with Gasteiger partial charge in [-0.1, -0.05) is 26.7 Å². The summed E-state index contributed by atoms with van der Waals surface area (Å²) in [5.41, 5.74) is 5.82. The Labute approximate surface area is 106 Å². The Morgan fingerprint density at radius 1 is 1.41 bits per heavy atom. The van der Waals surface area contributed by atoms with Crippen molar-refractivity contribution in [1.82, 2.24) is 4.90 Å². The maximum Gasteiger partial charge on any atom is 0.223 e. The van der Waals surface area contributed by atoms with Crippen LogP contribution in [-0.2, 0) is 4.79 Å². The molecule has 17 heavy (non-hydrogen) atoms. The molecule has 3 heteroatoms. The van der Waals surface area contributed by atoms with E-state index in [2.05, 4.69) is 26.7 Å². The number of hydrogen-bond acceptors (Lipinski definition) is 2. The highest BCUT2D eigenvalue weighted by molar-refractivity contribution is 5.76. The van der Waals surface area contributed by atoms with Gasteiger partial charge < -0.3 is 10.6 Å². The normalized spacial score (nSPS) is 12.9. The molecule has 0 aliphatic carbocycles. The Bertz CT molecular complexity index is 273. The maximum absolute atomic E-state index is 11.8. The molecule has 1 unspecified atom stereocenters. The van der Waals surface area contributed by atoms with E-state index in [9.17, 15) is 4.79 Å². The van der Waals surface area contributed by atoms with Gasteiger partial charge in [0, 0.05) is 13.5 Å². The third-order valence-electron chi connectivity index (χ3n) is 3.20. The van der Waals surface area contributed by atoms with Crippen LogP contribution in [0, 0.1) is 23.7 Å². The van der Waals surface area contributed by atoms with Crippen molar-refractivity contribution in [2.45, 2.75) is 40.0 Å². The van der Waals surface area contributed by atoms with Crippen molar-refractivity contribution < 1.29 is 4.79 Å². The molecule has 98 valence electrons. The minimum absolute atomic E-state index is 0.120. The second kappa shape index (κ2) is 7.34. The lowest BCUT2D eigenvalue weighted by atomic mass is 9.76. The van der Waals surface area contributed by atoms with E-state index in [4.69, 9.17) is 12.2 Å². The van der Waals surface area contributed by atoms with Gasteiger partial charge in [0.2, 0.25) is 5.91 Å². The third kappa shape index (κ3) is 6.33. The summed E-state index contributed by atoms with van der Waals surface area (Å²) in [4.78, 5) is 13.4. The van der Waals surface area contributed by atoms with E-state index in [-0.39, 0.29) is 11.3 Å². The van der Waals surface area contributed by atoms with E-state index in [1.165, 1.54) is 0 Å². The SMILES string of the molecule is C#CCN(C)C(=O)CCC(CCN)C(C)(C)C. The number of amides is 1. The minimum Gasteiger partial charge on any atom is -0.335 e. The summed E-state index contributed by atoms with van der Waals surface area (Å²) in [5, 5.41) is 0. The molecule has 0 rings (SSSR count). The zero-order chi connectivity index (χ0) is 13.5. The standard InChI is InChI=1S/C14H26N2O/c1-6-11-16(5)13(17)8-7-12(9-10-15)14(2,3)4/h1,12H,7-11,15H2,2-5H3. The highest BCUT2D eigenvalue weighted by Gasteiger charge is 2.24. The monoisotopic (exact) mass is 238 g/mol. The molecule has 0 heterocycles. The quantitative estimate of drug-likeness (QED) is 0.718. The van der Waals surface area contributed by atoms with Crippen molar-refractivity contribution in [3.8, 4) is 12.3 Å². The Morgan fingerprint density at radius 3 is 2.41 bits per heavy atom. The highest BCUT2D eigenvalue weighted by atomic mass is 16.2. The fourth-order valence-electron chi connectivity index (χ4n) is 1.93. The smallest absolute Gasteiger partial charge is 0.223 e. The van der Waals surface area contributed by atoms with Gasteiger partial charge in [-0.25, -0.2) is 0 Å². The first kappa shape index (κ1) is 16.0. The van der Waals surface area contributed by atoms with Gasteiger partial charge in [-0.15, -0.1) is 6.42 Å². The number of nitrogens with two attached hydrogens (primary N) is 1. The Balaban J connectivity index is 4.23. The van der Waals surface area contributed by atoms with Crippen LogP contribution >= 0.6 is 0 Å². The largest absolute Gasteiger partial charge is 0.335 e. The minimum atomic E-state index is 0.120. The molecule has 3 nitrogen and oxygen atoms in total. The van der Waals surface area contributed by atoms with Gasteiger partial charge >= 0.3 is 0 Å². The second-order valence-electron chi connectivity index (χ2n) is 5.63. The fraction of sp³-hybridized carbons (Fsp3) is 0.786. The van der Waals surface area contributed by atoms with Crippen molar-refractivity contribution in [3.05, 3.63) is 0 Å². The second-order valence-corrected chi connectivity index (χ2v) is 5.63. The Hall–Kier alpha value is -1.01. The third-order valence-corrected chi connectivity index (χ3v) is 3.20. The van der Waals surface area contributed by atoms with Gasteiger partial charge in [0.25, 0.3) is 0 Å². The molecule has 0 fully saturated rings. The van der Waals surface area contributed by atoms with E-state index in [0.717, 1.165) is 12.8 Å². The molecule has 0 bridgehead atoms. The molecule has 0 radical (unpaired) electrons. The van der Waals surface area contributed by atoms with Gasteiger partial charge in [-0.3, -0.25) is 4.79 Å². The molecule has 0 saturated heterocycles. The lowest BCUT2D eigenvalue weighted by Gasteiger charge is -2.30. The van der Waals surface area contributed by atoms with Gasteiger partial charge in [0.1, 0.15) is 0 Å². The van der Waals surface area contributed by atoms with E-state index in [1.54, 1.807) is 11.9 Å². The number of rotatable bonds is 6. The zero-order valence-electron chi connectivity index (χ0n) is 11.6. The van der Waals surface area contributed by atoms with Crippen LogP contribution in [0.15, 0.2) is 0 Å². The van der Waals surface area contributed by atoms with Crippen LogP contribution < -0.4 is 5.73 Å². The van der Waals surface area contributed by atoms with Gasteiger partial charge in [-0.05, 0) is 30.7 Å². The van der Waals surface area contributed by atoms with E-state index in [0.29, 0.717) is 25.4 Å². The van der Waals surface area contributed by atoms with Crippen LogP contribution in [-0.4, -0.2) is 30.9 Å². The number of hydrogen-bond donors (Lipinski definition) is 1. The van der Waals surface area contributed by atoms with Crippen molar-refractivity contribution in [2.75, 3.05) is 20.1 Å². The molecule has 0 aliphatic rings. The van der Waals surface area contributed by atoms with Crippen LogP contribution in [0.3, 0.4) is 0 Å². The van der Waals surface area contributed by atoms with Crippen LogP contribution in [0.4, 0.5) is 0 Å². The van der Waals surface area contributed by atoms with Crippen molar-refractivity contribution in [3.63, 3.8) is 0 Å². The number of carbonyl (C=O) groups is 1. The first-order valence-electron chi connectivity index (χ1n) is 6.20. The number of nitrogens with zero attached hydrogens (tertiary/aromatic N) is 1. The van der Waals surface area contributed by atoms with Gasteiger partial charge in [0.05, 0.1) is 6.54 Å². The molecule has 0 aromatic heterocycles. The van der Waals surface area contributed by atoms with E-state index >= 15 is 0 Å². The zero-order valence-corrected chi connectivity index (χ0v) is 11.6. The van der Waals surface area contributed by atoms with Crippen LogP contribution in [0.5, 0.6) is 0 Å². The summed E-state index contributed by atoms with van der Waals surface area (Å²) in [6, 6.07) is 0. The summed E-state index contributed by atoms with van der Waals surface area (Å²) < 4.78 is 0. The van der Waals surface area contributed by atoms with Crippen molar-refractivity contribution in [1.29, 1.82) is 0 Å². The molecular formula is C14H26N2O. The molecular weight excluding hydrogens is 212 g/mol. The van der Waals surface area contributed by atoms with E-state index in [1.807, 2.05) is 0 Å². The fourth-order valence-corrected chi connectivity index (χ4v) is 1.93. The lowest BCUT2D eigenvalue weighted by Crippen LogP contribution is -2.29. The number of terminal acetylenes is 1. The maximum atomic E-state index is 11.8. The van der Waals surface area contributed by atoms with Crippen LogP contribution in [0.2, 0.25) is 0 Å². The van der Waals surface area contributed by atoms with Crippen molar-refractivity contribution >= 4 is 5.91 Å². The molecule has 1 amide bonds. The van der Waals surface area contributed by atoms with Crippen LogP contribution in [0.1, 0.15) is 40.0 Å². The molecule has 0 saturated carbocycles. The summed E-state index contributed by atoms with van der Waals surface area (Å²) in [6.45, 7) is 7.65. The lowest BCUT2D eigenvalue weighted by molar-refractivity contribution is -0.129. The summed E-state index contributed by atoms with van der Waals surface area (Å²) in [5.74, 6) is 3.08. The molecule has 0 aromatic carbocycles. The van der Waals surface area contributed by atoms with E-state index < -0.39 is 0 Å². The summed E-state index contributed by atoms with van der Waals surface area (Å²) in [6.07, 6.45) is 7.59. The average Bonchev–Trinajstić information content (AvgIpc) is 2.22. The van der Waals surface area contributed by atoms with Gasteiger partial charge in [-0.2, -0.15) is 0 Å². The Kier molecular flexibility index (Phi) is 6.91. The molecule has 2 N–H and O–H groups in total. The number of carbonyl (C=O) groups excluding carboxylic acids is 1. The topological polar surface area (TPSA) is 46.3 Å². The van der Waals surface area contributed by atoms with Crippen molar-refractivity contribution in [2.24, 2.45) is 17.1 Å².